The Hall–Kier alpha value is -2.84. The van der Waals surface area contributed by atoms with E-state index in [1.807, 2.05) is 18.2 Å². The van der Waals surface area contributed by atoms with E-state index in [0.29, 0.717) is 42.4 Å². The minimum Gasteiger partial charge on any atom is -0.493 e. The molecule has 1 saturated heterocycles. The van der Waals surface area contributed by atoms with Crippen LogP contribution in [-0.2, 0) is 21.2 Å². The highest BCUT2D eigenvalue weighted by molar-refractivity contribution is 7.89. The average Bonchev–Trinajstić information content (AvgIpc) is 3.13. The molecule has 7 nitrogen and oxygen atoms in total. The van der Waals surface area contributed by atoms with E-state index in [1.54, 1.807) is 48.9 Å². The number of nitrogens with zero attached hydrogens (tertiary/aromatic N) is 1. The summed E-state index contributed by atoms with van der Waals surface area (Å²) >= 11 is 0. The molecule has 3 rings (SSSR count). The van der Waals surface area contributed by atoms with Gasteiger partial charge in [0.1, 0.15) is 0 Å². The van der Waals surface area contributed by atoms with Gasteiger partial charge in [-0.3, -0.25) is 4.79 Å². The number of carbonyl (C=O) groups excluding carboxylic acids is 1. The van der Waals surface area contributed by atoms with E-state index in [0.717, 1.165) is 36.8 Å². The lowest BCUT2D eigenvalue weighted by Gasteiger charge is -2.20. The topological polar surface area (TPSA) is 84.9 Å². The van der Waals surface area contributed by atoms with Crippen LogP contribution in [0.5, 0.6) is 11.5 Å². The van der Waals surface area contributed by atoms with E-state index in [2.05, 4.69) is 5.32 Å². The maximum Gasteiger partial charge on any atom is 0.244 e. The predicted octanol–water partition coefficient (Wildman–Crippen LogP) is 3.64. The van der Waals surface area contributed by atoms with Crippen LogP contribution in [-0.4, -0.2) is 52.5 Å². The second kappa shape index (κ2) is 11.9. The van der Waals surface area contributed by atoms with Crippen LogP contribution in [0.25, 0.3) is 6.08 Å². The molecule has 2 aromatic rings. The van der Waals surface area contributed by atoms with Crippen molar-refractivity contribution >= 4 is 22.0 Å². The Bertz CT molecular complexity index is 1060. The van der Waals surface area contributed by atoms with Crippen LogP contribution in [0.1, 0.15) is 36.8 Å². The third kappa shape index (κ3) is 6.82. The summed E-state index contributed by atoms with van der Waals surface area (Å²) in [5.74, 6) is 1.02. The predicted molar refractivity (Wildman–Crippen MR) is 129 cm³/mol. The number of carbonyl (C=O) groups is 1. The van der Waals surface area contributed by atoms with Gasteiger partial charge in [0.05, 0.1) is 19.1 Å². The molecular formula is C25H32N2O5S. The zero-order valence-electron chi connectivity index (χ0n) is 19.2. The molecule has 0 spiro atoms. The summed E-state index contributed by atoms with van der Waals surface area (Å²) < 4.78 is 37.8. The molecule has 1 amide bonds. The van der Waals surface area contributed by atoms with E-state index >= 15 is 0 Å². The van der Waals surface area contributed by atoms with Crippen LogP contribution in [0.3, 0.4) is 0 Å². The van der Waals surface area contributed by atoms with Crippen molar-refractivity contribution < 1.29 is 22.7 Å². The second-order valence-corrected chi connectivity index (χ2v) is 9.89. The van der Waals surface area contributed by atoms with E-state index in [-0.39, 0.29) is 5.91 Å². The Morgan fingerprint density at radius 3 is 2.27 bits per heavy atom. The molecule has 1 heterocycles. The van der Waals surface area contributed by atoms with E-state index in [9.17, 15) is 13.2 Å². The molecule has 1 N–H and O–H groups in total. The van der Waals surface area contributed by atoms with Crippen molar-refractivity contribution in [2.75, 3.05) is 33.9 Å². The highest BCUT2D eigenvalue weighted by atomic mass is 32.2. The molecule has 0 atom stereocenters. The van der Waals surface area contributed by atoms with E-state index in [4.69, 9.17) is 9.47 Å². The summed E-state index contributed by atoms with van der Waals surface area (Å²) in [4.78, 5) is 12.5. The minimum absolute atomic E-state index is 0.204. The number of rotatable bonds is 9. The fraction of sp³-hybridized carbons (Fsp3) is 0.400. The molecule has 0 bridgehead atoms. The Kier molecular flexibility index (Phi) is 8.91. The van der Waals surface area contributed by atoms with Gasteiger partial charge in [-0.15, -0.1) is 0 Å². The lowest BCUT2D eigenvalue weighted by atomic mass is 10.1. The summed E-state index contributed by atoms with van der Waals surface area (Å²) in [6, 6.07) is 12.4. The van der Waals surface area contributed by atoms with Crippen LogP contribution in [0.4, 0.5) is 0 Å². The number of nitrogens with one attached hydrogen (secondary N) is 1. The van der Waals surface area contributed by atoms with Crippen LogP contribution >= 0.6 is 0 Å². The van der Waals surface area contributed by atoms with Crippen LogP contribution < -0.4 is 14.8 Å². The lowest BCUT2D eigenvalue weighted by Crippen LogP contribution is -2.31. The van der Waals surface area contributed by atoms with Gasteiger partial charge in [0.2, 0.25) is 15.9 Å². The fourth-order valence-corrected chi connectivity index (χ4v) is 5.29. The number of sulfonamides is 1. The first kappa shape index (κ1) is 24.8. The van der Waals surface area contributed by atoms with Crippen molar-refractivity contribution in [2.24, 2.45) is 0 Å². The highest BCUT2D eigenvalue weighted by Crippen LogP contribution is 2.28. The smallest absolute Gasteiger partial charge is 0.244 e. The van der Waals surface area contributed by atoms with Gasteiger partial charge < -0.3 is 14.8 Å². The lowest BCUT2D eigenvalue weighted by molar-refractivity contribution is -0.116. The molecule has 0 saturated carbocycles. The molecule has 0 aliphatic carbocycles. The Morgan fingerprint density at radius 1 is 0.970 bits per heavy atom. The van der Waals surface area contributed by atoms with Crippen molar-refractivity contribution in [2.45, 2.75) is 37.0 Å². The molecule has 178 valence electrons. The summed E-state index contributed by atoms with van der Waals surface area (Å²) in [5, 5.41) is 2.85. The van der Waals surface area contributed by atoms with Gasteiger partial charge in [0.15, 0.2) is 11.5 Å². The first-order chi connectivity index (χ1) is 15.9. The fourth-order valence-electron chi connectivity index (χ4n) is 3.78. The summed E-state index contributed by atoms with van der Waals surface area (Å²) in [6.45, 7) is 1.63. The summed E-state index contributed by atoms with van der Waals surface area (Å²) in [7, 11) is -0.305. The van der Waals surface area contributed by atoms with Crippen molar-refractivity contribution in [3.8, 4) is 11.5 Å². The van der Waals surface area contributed by atoms with E-state index < -0.39 is 10.0 Å². The van der Waals surface area contributed by atoms with Gasteiger partial charge in [-0.2, -0.15) is 4.31 Å². The number of amides is 1. The Morgan fingerprint density at radius 2 is 1.64 bits per heavy atom. The van der Waals surface area contributed by atoms with Crippen LogP contribution in [0.2, 0.25) is 0 Å². The molecule has 8 heteroatoms. The molecule has 1 fully saturated rings. The molecule has 1 aliphatic heterocycles. The highest BCUT2D eigenvalue weighted by Gasteiger charge is 2.24. The van der Waals surface area contributed by atoms with Crippen molar-refractivity contribution in [1.29, 1.82) is 0 Å². The largest absolute Gasteiger partial charge is 0.493 e. The number of hydrogen-bond acceptors (Lipinski definition) is 5. The molecule has 2 aromatic carbocycles. The van der Waals surface area contributed by atoms with Gasteiger partial charge in [-0.05, 0) is 60.7 Å². The minimum atomic E-state index is -3.44. The normalized spacial score (nSPS) is 15.2. The zero-order valence-corrected chi connectivity index (χ0v) is 20.1. The third-order valence-corrected chi connectivity index (χ3v) is 7.59. The van der Waals surface area contributed by atoms with Crippen molar-refractivity contribution in [3.05, 3.63) is 59.7 Å². The number of methoxy groups -OCH3 is 2. The summed E-state index contributed by atoms with van der Waals surface area (Å²) in [6.07, 6.45) is 7.78. The van der Waals surface area contributed by atoms with Crippen LogP contribution in [0.15, 0.2) is 53.4 Å². The number of hydrogen-bond donors (Lipinski definition) is 1. The maximum atomic E-state index is 12.9. The molecule has 0 aromatic heterocycles. The third-order valence-electron chi connectivity index (χ3n) is 5.67. The van der Waals surface area contributed by atoms with E-state index in [1.165, 1.54) is 6.08 Å². The zero-order chi connectivity index (χ0) is 23.7. The van der Waals surface area contributed by atoms with Gasteiger partial charge in [-0.1, -0.05) is 31.0 Å². The van der Waals surface area contributed by atoms with Gasteiger partial charge in [0.25, 0.3) is 0 Å². The van der Waals surface area contributed by atoms with Gasteiger partial charge >= 0.3 is 0 Å². The first-order valence-electron chi connectivity index (χ1n) is 11.2. The summed E-state index contributed by atoms with van der Waals surface area (Å²) in [5.41, 5.74) is 1.79. The van der Waals surface area contributed by atoms with Crippen molar-refractivity contribution in [1.82, 2.24) is 9.62 Å². The quantitative estimate of drug-likeness (QED) is 0.563. The average molecular weight is 473 g/mol. The molecule has 33 heavy (non-hydrogen) atoms. The standard InChI is InChI=1S/C25H32N2O5S/c1-31-23-13-9-21(19-24(23)32-2)10-14-25(28)26-16-15-20-7-11-22(12-8-20)33(29,30)27-17-5-3-4-6-18-27/h7-14,19H,3-6,15-18H2,1-2H3,(H,26,28)/b14-10+. The second-order valence-electron chi connectivity index (χ2n) is 7.95. The molecule has 0 radical (unpaired) electrons. The SMILES string of the molecule is COc1ccc(/C=C/C(=O)NCCc2ccc(S(=O)(=O)N3CCCCCC3)cc2)cc1OC. The number of benzene rings is 2. The van der Waals surface area contributed by atoms with Crippen molar-refractivity contribution in [3.63, 3.8) is 0 Å². The monoisotopic (exact) mass is 472 g/mol. The molecule has 1 aliphatic rings. The number of ether oxygens (including phenoxy) is 2. The molecular weight excluding hydrogens is 440 g/mol. The van der Waals surface area contributed by atoms with Crippen LogP contribution in [0, 0.1) is 0 Å². The Labute approximate surface area is 196 Å². The van der Waals surface area contributed by atoms with Gasteiger partial charge in [-0.25, -0.2) is 8.42 Å². The Balaban J connectivity index is 1.50. The first-order valence-corrected chi connectivity index (χ1v) is 12.6. The maximum absolute atomic E-state index is 12.9. The molecule has 0 unspecified atom stereocenters. The van der Waals surface area contributed by atoms with Gasteiger partial charge in [0, 0.05) is 25.7 Å².